The maximum absolute atomic E-state index is 13.4. The third kappa shape index (κ3) is 2.41. The minimum atomic E-state index is -1.24. The van der Waals surface area contributed by atoms with Crippen molar-refractivity contribution in [1.82, 2.24) is 0 Å². The van der Waals surface area contributed by atoms with Crippen LogP contribution in [0.1, 0.15) is 85.0 Å². The fraction of sp³-hybridized carbons (Fsp3) is 0.852. The molecule has 4 heteroatoms. The fourth-order valence-electron chi connectivity index (χ4n) is 9.82. The molecule has 5 aliphatic carbocycles. The number of carboxylic acids is 1. The van der Waals surface area contributed by atoms with Gasteiger partial charge in [-0.2, -0.15) is 0 Å². The van der Waals surface area contributed by atoms with Gasteiger partial charge in [0, 0.05) is 5.41 Å². The van der Waals surface area contributed by atoms with E-state index in [1.807, 2.05) is 0 Å². The van der Waals surface area contributed by atoms with E-state index in [2.05, 4.69) is 26.8 Å². The molecule has 4 bridgehead atoms. The Kier molecular flexibility index (Phi) is 5.01. The van der Waals surface area contributed by atoms with Gasteiger partial charge in [0.1, 0.15) is 11.7 Å². The lowest BCUT2D eigenvalue weighted by Crippen LogP contribution is -2.65. The number of carboxylic acid groups (broad SMARTS) is 1. The lowest BCUT2D eigenvalue weighted by molar-refractivity contribution is -0.195. The van der Waals surface area contributed by atoms with Crippen molar-refractivity contribution >= 4 is 12.3 Å². The zero-order valence-electron chi connectivity index (χ0n) is 19.5. The second-order valence-electron chi connectivity index (χ2n) is 12.1. The number of aldehydes is 1. The van der Waals surface area contributed by atoms with E-state index in [9.17, 15) is 19.8 Å². The zero-order chi connectivity index (χ0) is 22.2. The molecule has 0 aromatic heterocycles. The van der Waals surface area contributed by atoms with Gasteiger partial charge in [0.2, 0.25) is 0 Å². The van der Waals surface area contributed by atoms with Crippen LogP contribution in [-0.4, -0.2) is 28.6 Å². The van der Waals surface area contributed by atoms with E-state index in [-0.39, 0.29) is 17.8 Å². The number of allylic oxidation sites excluding steroid dienone is 1. The third-order valence-electron chi connectivity index (χ3n) is 10.9. The SMILES string of the molecule is CC(C)C1=C[C@H]2C[C@]3(C=O)[C@@H]4CC[C@@H](C)[C@H]4C[C@@]2(C(O)CC2CCCCC2)[C@]13C(=O)O. The summed E-state index contributed by atoms with van der Waals surface area (Å²) in [7, 11) is 0. The molecule has 0 saturated heterocycles. The zero-order valence-corrected chi connectivity index (χ0v) is 19.5. The maximum Gasteiger partial charge on any atom is 0.315 e. The Morgan fingerprint density at radius 1 is 1.16 bits per heavy atom. The molecule has 5 aliphatic rings. The molecule has 4 nitrogen and oxygen atoms in total. The molecule has 5 rings (SSSR count). The minimum absolute atomic E-state index is 0.00240. The molecule has 0 amide bonds. The van der Waals surface area contributed by atoms with Gasteiger partial charge in [0.15, 0.2) is 0 Å². The smallest absolute Gasteiger partial charge is 0.315 e. The molecule has 8 atom stereocenters. The van der Waals surface area contributed by atoms with Gasteiger partial charge in [0.25, 0.3) is 0 Å². The first-order valence-electron chi connectivity index (χ1n) is 12.9. The average Bonchev–Trinajstić information content (AvgIpc) is 3.32. The Bertz CT molecular complexity index is 795. The van der Waals surface area contributed by atoms with Crippen LogP contribution < -0.4 is 0 Å². The number of aliphatic carboxylic acids is 1. The first-order valence-corrected chi connectivity index (χ1v) is 12.9. The lowest BCUT2D eigenvalue weighted by atomic mass is 9.41. The highest BCUT2D eigenvalue weighted by Gasteiger charge is 2.85. The first-order chi connectivity index (χ1) is 14.8. The van der Waals surface area contributed by atoms with E-state index >= 15 is 0 Å². The normalized spacial score (nSPS) is 47.3. The molecule has 0 heterocycles. The molecule has 31 heavy (non-hydrogen) atoms. The summed E-state index contributed by atoms with van der Waals surface area (Å²) in [5.74, 6) is 0.690. The van der Waals surface area contributed by atoms with Crippen LogP contribution in [0.5, 0.6) is 0 Å². The predicted molar refractivity (Wildman–Crippen MR) is 119 cm³/mol. The molecule has 2 N–H and O–H groups in total. The number of hydrogen-bond donors (Lipinski definition) is 2. The standard InChI is InChI=1S/C27H40O4/c1-16(2)22-12-19-13-25(15-28)21-10-9-17(3)20(21)14-26(19,27(22,25)24(30)31)23(29)11-18-7-5-4-6-8-18/h12,15-21,23,29H,4-11,13-14H2,1-3H3,(H,30,31)/t17-,19+,20-,21-,23?,25+,26-,27+/m1/s1. The summed E-state index contributed by atoms with van der Waals surface area (Å²) < 4.78 is 0. The van der Waals surface area contributed by atoms with Crippen molar-refractivity contribution in [3.8, 4) is 0 Å². The van der Waals surface area contributed by atoms with Gasteiger partial charge < -0.3 is 15.0 Å². The van der Waals surface area contributed by atoms with Crippen LogP contribution in [0.2, 0.25) is 0 Å². The average molecular weight is 429 g/mol. The van der Waals surface area contributed by atoms with Gasteiger partial charge in [-0.1, -0.05) is 70.9 Å². The molecule has 0 radical (unpaired) electrons. The summed E-state index contributed by atoms with van der Waals surface area (Å²) in [4.78, 5) is 26.5. The molecule has 0 aromatic rings. The van der Waals surface area contributed by atoms with Crippen LogP contribution in [0, 0.1) is 51.8 Å². The van der Waals surface area contributed by atoms with E-state index in [0.29, 0.717) is 30.6 Å². The van der Waals surface area contributed by atoms with Crippen LogP contribution in [-0.2, 0) is 9.59 Å². The van der Waals surface area contributed by atoms with Crippen molar-refractivity contribution in [3.63, 3.8) is 0 Å². The Morgan fingerprint density at radius 3 is 2.48 bits per heavy atom. The topological polar surface area (TPSA) is 74.6 Å². The van der Waals surface area contributed by atoms with Gasteiger partial charge >= 0.3 is 5.97 Å². The molecule has 4 saturated carbocycles. The van der Waals surface area contributed by atoms with Crippen LogP contribution in [0.15, 0.2) is 11.6 Å². The molecule has 0 aromatic carbocycles. The number of fused-ring (bicyclic) bond motifs is 2. The number of carbonyl (C=O) groups is 2. The van der Waals surface area contributed by atoms with Crippen LogP contribution in [0.25, 0.3) is 0 Å². The molecule has 1 unspecified atom stereocenters. The first kappa shape index (κ1) is 21.7. The summed E-state index contributed by atoms with van der Waals surface area (Å²) >= 11 is 0. The molecule has 0 aliphatic heterocycles. The number of hydrogen-bond acceptors (Lipinski definition) is 3. The molecule has 172 valence electrons. The van der Waals surface area contributed by atoms with Crippen LogP contribution in [0.3, 0.4) is 0 Å². The number of rotatable bonds is 6. The maximum atomic E-state index is 13.4. The summed E-state index contributed by atoms with van der Waals surface area (Å²) in [6.07, 6.45) is 12.7. The fourth-order valence-corrected chi connectivity index (χ4v) is 9.82. The van der Waals surface area contributed by atoms with Crippen LogP contribution >= 0.6 is 0 Å². The number of carbonyl (C=O) groups excluding carboxylic acids is 1. The van der Waals surface area contributed by atoms with Crippen molar-refractivity contribution in [2.24, 2.45) is 51.8 Å². The number of aliphatic hydroxyl groups is 1. The van der Waals surface area contributed by atoms with Crippen molar-refractivity contribution < 1.29 is 19.8 Å². The summed E-state index contributed by atoms with van der Waals surface area (Å²) in [5, 5.41) is 23.0. The Morgan fingerprint density at radius 2 is 1.87 bits per heavy atom. The molecular weight excluding hydrogens is 388 g/mol. The van der Waals surface area contributed by atoms with E-state index in [1.165, 1.54) is 19.3 Å². The van der Waals surface area contributed by atoms with E-state index in [1.54, 1.807) is 0 Å². The second-order valence-corrected chi connectivity index (χ2v) is 12.1. The van der Waals surface area contributed by atoms with E-state index < -0.39 is 28.3 Å². The van der Waals surface area contributed by atoms with Crippen molar-refractivity contribution in [1.29, 1.82) is 0 Å². The van der Waals surface area contributed by atoms with Gasteiger partial charge in [-0.15, -0.1) is 0 Å². The summed E-state index contributed by atoms with van der Waals surface area (Å²) in [6.45, 7) is 6.42. The van der Waals surface area contributed by atoms with Crippen molar-refractivity contribution in [2.75, 3.05) is 0 Å². The highest BCUT2D eigenvalue weighted by molar-refractivity contribution is 5.90. The monoisotopic (exact) mass is 428 g/mol. The van der Waals surface area contributed by atoms with Gasteiger partial charge in [-0.25, -0.2) is 0 Å². The Hall–Kier alpha value is -1.16. The molecular formula is C27H40O4. The van der Waals surface area contributed by atoms with Gasteiger partial charge in [-0.3, -0.25) is 4.79 Å². The van der Waals surface area contributed by atoms with E-state index in [0.717, 1.165) is 44.0 Å². The van der Waals surface area contributed by atoms with Gasteiger partial charge in [-0.05, 0) is 61.2 Å². The minimum Gasteiger partial charge on any atom is -0.481 e. The quantitative estimate of drug-likeness (QED) is 0.448. The number of aliphatic hydroxyl groups excluding tert-OH is 1. The molecule has 4 fully saturated rings. The highest BCUT2D eigenvalue weighted by Crippen LogP contribution is 2.83. The van der Waals surface area contributed by atoms with Crippen molar-refractivity contribution in [3.05, 3.63) is 11.6 Å². The summed E-state index contributed by atoms with van der Waals surface area (Å²) in [5.41, 5.74) is -1.89. The summed E-state index contributed by atoms with van der Waals surface area (Å²) in [6, 6.07) is 0. The predicted octanol–water partition coefficient (Wildman–Crippen LogP) is 5.24. The van der Waals surface area contributed by atoms with E-state index in [4.69, 9.17) is 0 Å². The van der Waals surface area contributed by atoms with Crippen molar-refractivity contribution in [2.45, 2.75) is 91.1 Å². The third-order valence-corrected chi connectivity index (χ3v) is 10.9. The molecule has 0 spiro atoms. The lowest BCUT2D eigenvalue weighted by Gasteiger charge is -2.60. The Labute approximate surface area is 186 Å². The Balaban J connectivity index is 1.68. The highest BCUT2D eigenvalue weighted by atomic mass is 16.4. The van der Waals surface area contributed by atoms with Gasteiger partial charge in [0.05, 0.1) is 11.5 Å². The second kappa shape index (κ2) is 7.17. The largest absolute Gasteiger partial charge is 0.481 e. The van der Waals surface area contributed by atoms with Crippen LogP contribution in [0.4, 0.5) is 0 Å².